The number of hydrogen-bond donors (Lipinski definition) is 1. The molecule has 0 aliphatic carbocycles. The number of ketones is 1. The minimum atomic E-state index is -0.196. The highest BCUT2D eigenvalue weighted by Gasteiger charge is 2.17. The lowest BCUT2D eigenvalue weighted by molar-refractivity contribution is 0.0979. The van der Waals surface area contributed by atoms with E-state index in [1.807, 2.05) is 0 Å². The predicted octanol–water partition coefficient (Wildman–Crippen LogP) is 1.73. The maximum Gasteiger partial charge on any atom is 0.253 e. The second kappa shape index (κ2) is 6.72. The van der Waals surface area contributed by atoms with Crippen LogP contribution in [-0.4, -0.2) is 27.4 Å². The smallest absolute Gasteiger partial charge is 0.253 e. The Morgan fingerprint density at radius 2 is 2.04 bits per heavy atom. The first kappa shape index (κ1) is 16.6. The van der Waals surface area contributed by atoms with E-state index in [0.29, 0.717) is 28.6 Å². The van der Waals surface area contributed by atoms with Crippen LogP contribution in [0, 0.1) is 0 Å². The molecule has 25 heavy (non-hydrogen) atoms. The zero-order chi connectivity index (χ0) is 18.0. The third kappa shape index (κ3) is 3.21. The summed E-state index contributed by atoms with van der Waals surface area (Å²) in [5, 5.41) is 0.583. The number of aromatic nitrogens is 3. The van der Waals surface area contributed by atoms with Crippen LogP contribution in [-0.2, 0) is 13.5 Å². The van der Waals surface area contributed by atoms with Crippen LogP contribution < -0.4 is 16.0 Å². The summed E-state index contributed by atoms with van der Waals surface area (Å²) < 4.78 is 6.76. The van der Waals surface area contributed by atoms with Crippen LogP contribution in [0.1, 0.15) is 22.5 Å². The third-order valence-electron chi connectivity index (χ3n) is 4.01. The van der Waals surface area contributed by atoms with E-state index in [9.17, 15) is 9.59 Å². The Morgan fingerprint density at radius 1 is 1.24 bits per heavy atom. The zero-order valence-electron chi connectivity index (χ0n) is 14.0. The molecular formula is C18H18N4O3. The number of hydrogen-bond acceptors (Lipinski definition) is 6. The molecule has 0 spiro atoms. The summed E-state index contributed by atoms with van der Waals surface area (Å²) in [4.78, 5) is 33.0. The Morgan fingerprint density at radius 3 is 2.80 bits per heavy atom. The zero-order valence-corrected chi connectivity index (χ0v) is 14.0. The van der Waals surface area contributed by atoms with E-state index in [2.05, 4.69) is 9.97 Å². The van der Waals surface area contributed by atoms with Crippen LogP contribution in [0.15, 0.2) is 41.3 Å². The van der Waals surface area contributed by atoms with Crippen molar-refractivity contribution in [2.24, 2.45) is 7.05 Å². The van der Waals surface area contributed by atoms with Gasteiger partial charge in [0.05, 0.1) is 7.11 Å². The molecule has 3 rings (SSSR count). The number of rotatable bonds is 5. The molecule has 0 saturated heterocycles. The highest BCUT2D eigenvalue weighted by Crippen LogP contribution is 2.26. The van der Waals surface area contributed by atoms with Gasteiger partial charge in [0.15, 0.2) is 5.78 Å². The van der Waals surface area contributed by atoms with Gasteiger partial charge in [-0.05, 0) is 18.6 Å². The molecule has 0 aliphatic heterocycles. The first-order valence-electron chi connectivity index (χ1n) is 7.79. The highest BCUT2D eigenvalue weighted by molar-refractivity contribution is 6.07. The molecule has 7 nitrogen and oxygen atoms in total. The summed E-state index contributed by atoms with van der Waals surface area (Å²) in [5.41, 5.74) is 6.97. The van der Waals surface area contributed by atoms with Crippen molar-refractivity contribution in [3.05, 3.63) is 58.1 Å². The molecule has 2 aromatic heterocycles. The summed E-state index contributed by atoms with van der Waals surface area (Å²) in [6.07, 6.45) is 2.17. The van der Waals surface area contributed by atoms with E-state index in [4.69, 9.17) is 10.5 Å². The summed E-state index contributed by atoms with van der Waals surface area (Å²) in [6, 6.07) is 8.78. The fourth-order valence-corrected chi connectivity index (χ4v) is 2.73. The van der Waals surface area contributed by atoms with E-state index in [-0.39, 0.29) is 29.4 Å². The Labute approximate surface area is 144 Å². The minimum Gasteiger partial charge on any atom is -0.494 e. The molecule has 0 aliphatic rings. The molecule has 0 saturated carbocycles. The van der Waals surface area contributed by atoms with Gasteiger partial charge in [0.1, 0.15) is 17.0 Å². The van der Waals surface area contributed by atoms with Gasteiger partial charge in [-0.25, -0.2) is 9.97 Å². The second-order valence-corrected chi connectivity index (χ2v) is 5.66. The van der Waals surface area contributed by atoms with E-state index in [0.717, 1.165) is 0 Å². The standard InChI is InChI=1S/C18H18N4O3/c1-22-10-4-5-11(17(22)24)8-9-13(23)15-12-6-3-7-14(25-2)16(12)21-18(19)20-15/h3-7,10H,8-9H2,1-2H3,(H2,19,20,21). The van der Waals surface area contributed by atoms with Crippen molar-refractivity contribution in [1.29, 1.82) is 0 Å². The Balaban J connectivity index is 1.95. The van der Waals surface area contributed by atoms with Crippen LogP contribution in [0.5, 0.6) is 5.75 Å². The monoisotopic (exact) mass is 338 g/mol. The molecule has 3 aromatic rings. The van der Waals surface area contributed by atoms with Crippen molar-refractivity contribution in [3.8, 4) is 5.75 Å². The molecule has 0 unspecified atom stereocenters. The van der Waals surface area contributed by atoms with Crippen molar-refractivity contribution >= 4 is 22.6 Å². The molecule has 0 bridgehead atoms. The number of methoxy groups -OCH3 is 1. The average Bonchev–Trinajstić information content (AvgIpc) is 2.61. The van der Waals surface area contributed by atoms with Crippen LogP contribution >= 0.6 is 0 Å². The number of anilines is 1. The fraction of sp³-hybridized carbons (Fsp3) is 0.222. The number of carbonyl (C=O) groups excluding carboxylic acids is 1. The van der Waals surface area contributed by atoms with Crippen molar-refractivity contribution in [2.45, 2.75) is 12.8 Å². The highest BCUT2D eigenvalue weighted by atomic mass is 16.5. The number of pyridine rings is 1. The SMILES string of the molecule is COc1cccc2c(C(=O)CCc3cccn(C)c3=O)nc(N)nc12. The van der Waals surface area contributed by atoms with Crippen molar-refractivity contribution < 1.29 is 9.53 Å². The second-order valence-electron chi connectivity index (χ2n) is 5.66. The quantitative estimate of drug-likeness (QED) is 0.711. The molecule has 128 valence electrons. The molecule has 0 radical (unpaired) electrons. The van der Waals surface area contributed by atoms with E-state index in [1.165, 1.54) is 11.7 Å². The average molecular weight is 338 g/mol. The third-order valence-corrected chi connectivity index (χ3v) is 4.01. The van der Waals surface area contributed by atoms with Gasteiger partial charge < -0.3 is 15.0 Å². The molecule has 0 amide bonds. The number of carbonyl (C=O) groups is 1. The topological polar surface area (TPSA) is 100 Å². The molecule has 2 heterocycles. The first-order valence-corrected chi connectivity index (χ1v) is 7.79. The number of benzene rings is 1. The fourth-order valence-electron chi connectivity index (χ4n) is 2.73. The van der Waals surface area contributed by atoms with Gasteiger partial charge in [0.25, 0.3) is 5.56 Å². The minimum absolute atomic E-state index is 0.0102. The first-order chi connectivity index (χ1) is 12.0. The summed E-state index contributed by atoms with van der Waals surface area (Å²) in [7, 11) is 3.21. The summed E-state index contributed by atoms with van der Waals surface area (Å²) in [5.74, 6) is 0.340. The number of aryl methyl sites for hydroxylation is 2. The van der Waals surface area contributed by atoms with Crippen molar-refractivity contribution in [2.75, 3.05) is 12.8 Å². The Hall–Kier alpha value is -3.22. The van der Waals surface area contributed by atoms with Gasteiger partial charge in [-0.2, -0.15) is 0 Å². The van der Waals surface area contributed by atoms with Gasteiger partial charge in [0, 0.05) is 30.6 Å². The van der Waals surface area contributed by atoms with Gasteiger partial charge in [-0.3, -0.25) is 9.59 Å². The van der Waals surface area contributed by atoms with Gasteiger partial charge in [-0.15, -0.1) is 0 Å². The Kier molecular flexibility index (Phi) is 4.47. The molecule has 1 aromatic carbocycles. The number of fused-ring (bicyclic) bond motifs is 1. The van der Waals surface area contributed by atoms with Crippen LogP contribution in [0.3, 0.4) is 0 Å². The maximum atomic E-state index is 12.7. The normalized spacial score (nSPS) is 10.8. The Bertz CT molecular complexity index is 1010. The lowest BCUT2D eigenvalue weighted by Crippen LogP contribution is -2.20. The van der Waals surface area contributed by atoms with Crippen molar-refractivity contribution in [1.82, 2.24) is 14.5 Å². The van der Waals surface area contributed by atoms with E-state index < -0.39 is 0 Å². The number of nitrogens with two attached hydrogens (primary N) is 1. The number of para-hydroxylation sites is 1. The summed E-state index contributed by atoms with van der Waals surface area (Å²) in [6.45, 7) is 0. The molecule has 2 N–H and O–H groups in total. The largest absolute Gasteiger partial charge is 0.494 e. The molecular weight excluding hydrogens is 320 g/mol. The molecule has 0 atom stereocenters. The number of Topliss-reactive ketones (excluding diaryl/α,β-unsaturated/α-hetero) is 1. The summed E-state index contributed by atoms with van der Waals surface area (Å²) >= 11 is 0. The lowest BCUT2D eigenvalue weighted by atomic mass is 10.0. The van der Waals surface area contributed by atoms with E-state index in [1.54, 1.807) is 43.6 Å². The number of nitrogens with zero attached hydrogens (tertiary/aromatic N) is 3. The van der Waals surface area contributed by atoms with Crippen LogP contribution in [0.4, 0.5) is 5.95 Å². The lowest BCUT2D eigenvalue weighted by Gasteiger charge is -2.09. The van der Waals surface area contributed by atoms with Gasteiger partial charge in [-0.1, -0.05) is 18.2 Å². The van der Waals surface area contributed by atoms with Crippen LogP contribution in [0.2, 0.25) is 0 Å². The van der Waals surface area contributed by atoms with E-state index >= 15 is 0 Å². The van der Waals surface area contributed by atoms with Crippen molar-refractivity contribution in [3.63, 3.8) is 0 Å². The number of ether oxygens (including phenoxy) is 1. The van der Waals surface area contributed by atoms with Gasteiger partial charge in [0.2, 0.25) is 5.95 Å². The molecule has 0 fully saturated rings. The van der Waals surface area contributed by atoms with Crippen LogP contribution in [0.25, 0.3) is 10.9 Å². The molecule has 7 heteroatoms. The predicted molar refractivity (Wildman–Crippen MR) is 94.8 cm³/mol. The maximum absolute atomic E-state index is 12.7. The van der Waals surface area contributed by atoms with Gasteiger partial charge >= 0.3 is 0 Å². The number of nitrogen functional groups attached to an aromatic ring is 1.